The standard InChI is InChI=1S/C23H20N4O9S/c1-11(28)36-14-10-37-21-16(20(31)27(21)17(14)22(32)33)24-19(30)15(12-6-3-2-4-7-12)25-23(34)26-18(29)13-8-5-9-35-13/h2-9,15-16,21H,10H2,1H3,(H,24,30)(H,32,33)(H2,25,26,29,34). The number of aliphatic carboxylic acids is 1. The number of furan rings is 1. The molecule has 192 valence electrons. The molecule has 5 amide bonds. The summed E-state index contributed by atoms with van der Waals surface area (Å²) in [5.41, 5.74) is -0.105. The van der Waals surface area contributed by atoms with E-state index in [2.05, 4.69) is 16.0 Å². The molecule has 3 unspecified atom stereocenters. The summed E-state index contributed by atoms with van der Waals surface area (Å²) < 4.78 is 9.89. The first kappa shape index (κ1) is 25.5. The van der Waals surface area contributed by atoms with Crippen LogP contribution in [0.5, 0.6) is 0 Å². The second kappa shape index (κ2) is 10.6. The number of hydrogen-bond acceptors (Lipinski definition) is 9. The summed E-state index contributed by atoms with van der Waals surface area (Å²) in [6, 6.07) is 7.54. The smallest absolute Gasteiger partial charge is 0.356 e. The molecule has 2 aliphatic rings. The molecule has 0 bridgehead atoms. The number of β-lactam (4-membered cyclic amide) rings is 1. The Bertz CT molecular complexity index is 1290. The molecular formula is C23H20N4O9S. The van der Waals surface area contributed by atoms with Gasteiger partial charge in [0, 0.05) is 6.92 Å². The number of fused-ring (bicyclic) bond motifs is 1. The van der Waals surface area contributed by atoms with Gasteiger partial charge in [-0.2, -0.15) is 0 Å². The van der Waals surface area contributed by atoms with Crippen LogP contribution in [-0.4, -0.2) is 62.9 Å². The number of ether oxygens (including phenoxy) is 1. The van der Waals surface area contributed by atoms with Gasteiger partial charge in [-0.05, 0) is 17.7 Å². The number of carbonyl (C=O) groups excluding carboxylic acids is 5. The van der Waals surface area contributed by atoms with Crippen LogP contribution >= 0.6 is 11.8 Å². The zero-order chi connectivity index (χ0) is 26.7. The van der Waals surface area contributed by atoms with E-state index in [1.54, 1.807) is 30.3 Å². The molecule has 2 aromatic rings. The van der Waals surface area contributed by atoms with Gasteiger partial charge in [-0.3, -0.25) is 29.4 Å². The Morgan fingerprint density at radius 1 is 1.14 bits per heavy atom. The van der Waals surface area contributed by atoms with Gasteiger partial charge in [-0.1, -0.05) is 30.3 Å². The van der Waals surface area contributed by atoms with Gasteiger partial charge in [0.1, 0.15) is 23.2 Å². The molecule has 1 fully saturated rings. The van der Waals surface area contributed by atoms with Crippen LogP contribution in [0.1, 0.15) is 29.1 Å². The predicted molar refractivity (Wildman–Crippen MR) is 125 cm³/mol. The van der Waals surface area contributed by atoms with Gasteiger partial charge in [0.2, 0.25) is 5.91 Å². The number of thioether (sulfide) groups is 1. The number of esters is 1. The van der Waals surface area contributed by atoms with Gasteiger partial charge in [0.15, 0.2) is 11.5 Å². The van der Waals surface area contributed by atoms with Crippen LogP contribution in [0.2, 0.25) is 0 Å². The fraction of sp³-hybridized carbons (Fsp3) is 0.217. The highest BCUT2D eigenvalue weighted by atomic mass is 32.2. The maximum absolute atomic E-state index is 13.2. The van der Waals surface area contributed by atoms with Crippen molar-refractivity contribution < 1.29 is 43.0 Å². The molecular weight excluding hydrogens is 508 g/mol. The van der Waals surface area contributed by atoms with Crippen molar-refractivity contribution in [2.75, 3.05) is 5.75 Å². The average Bonchev–Trinajstić information content (AvgIpc) is 3.41. The third-order valence-corrected chi connectivity index (χ3v) is 6.60. The van der Waals surface area contributed by atoms with Crippen LogP contribution in [0.15, 0.2) is 64.6 Å². The summed E-state index contributed by atoms with van der Waals surface area (Å²) in [7, 11) is 0. The van der Waals surface area contributed by atoms with Crippen molar-refractivity contribution in [3.8, 4) is 0 Å². The summed E-state index contributed by atoms with van der Waals surface area (Å²) in [6.07, 6.45) is 1.26. The lowest BCUT2D eigenvalue weighted by atomic mass is 10.0. The topological polar surface area (TPSA) is 184 Å². The number of carboxylic acids is 1. The molecule has 2 aliphatic heterocycles. The Labute approximate surface area is 213 Å². The zero-order valence-electron chi connectivity index (χ0n) is 19.1. The number of carbonyl (C=O) groups is 6. The first-order chi connectivity index (χ1) is 17.7. The molecule has 0 spiro atoms. The first-order valence-corrected chi connectivity index (χ1v) is 11.8. The lowest BCUT2D eigenvalue weighted by molar-refractivity contribution is -0.152. The number of carboxylic acid groups (broad SMARTS) is 1. The van der Waals surface area contributed by atoms with Gasteiger partial charge in [-0.15, -0.1) is 11.8 Å². The van der Waals surface area contributed by atoms with E-state index in [1.165, 1.54) is 18.4 Å². The summed E-state index contributed by atoms with van der Waals surface area (Å²) in [5.74, 6) is -4.79. The molecule has 3 atom stereocenters. The molecule has 3 heterocycles. The Balaban J connectivity index is 1.49. The van der Waals surface area contributed by atoms with Crippen molar-refractivity contribution in [3.05, 3.63) is 71.5 Å². The number of rotatable bonds is 7. The average molecular weight is 528 g/mol. The van der Waals surface area contributed by atoms with Crippen LogP contribution in [0.4, 0.5) is 4.79 Å². The Hall–Kier alpha value is -4.59. The Kier molecular flexibility index (Phi) is 7.29. The molecule has 4 N–H and O–H groups in total. The van der Waals surface area contributed by atoms with E-state index in [-0.39, 0.29) is 17.3 Å². The van der Waals surface area contributed by atoms with Crippen LogP contribution in [0.25, 0.3) is 0 Å². The number of hydrogen-bond donors (Lipinski definition) is 4. The van der Waals surface area contributed by atoms with Crippen molar-refractivity contribution in [1.82, 2.24) is 20.9 Å². The highest BCUT2D eigenvalue weighted by molar-refractivity contribution is 8.00. The third kappa shape index (κ3) is 5.33. The number of benzene rings is 1. The van der Waals surface area contributed by atoms with Crippen molar-refractivity contribution >= 4 is 47.5 Å². The van der Waals surface area contributed by atoms with Crippen LogP contribution in [0, 0.1) is 0 Å². The predicted octanol–water partition coefficient (Wildman–Crippen LogP) is 0.720. The molecule has 1 saturated heterocycles. The second-order valence-corrected chi connectivity index (χ2v) is 8.92. The monoisotopic (exact) mass is 528 g/mol. The van der Waals surface area contributed by atoms with Gasteiger partial charge in [-0.25, -0.2) is 9.59 Å². The molecule has 0 saturated carbocycles. The second-order valence-electron chi connectivity index (χ2n) is 7.82. The molecule has 4 rings (SSSR count). The molecule has 1 aromatic heterocycles. The number of amides is 5. The Morgan fingerprint density at radius 3 is 2.49 bits per heavy atom. The van der Waals surface area contributed by atoms with Crippen LogP contribution in [0.3, 0.4) is 0 Å². The third-order valence-electron chi connectivity index (χ3n) is 5.34. The maximum atomic E-state index is 13.2. The number of nitrogens with one attached hydrogen (secondary N) is 3. The minimum atomic E-state index is -1.46. The fourth-order valence-corrected chi connectivity index (χ4v) is 5.02. The van der Waals surface area contributed by atoms with Crippen LogP contribution in [-0.2, 0) is 23.9 Å². The van der Waals surface area contributed by atoms with E-state index in [0.717, 1.165) is 23.6 Å². The van der Waals surface area contributed by atoms with Crippen molar-refractivity contribution in [2.45, 2.75) is 24.4 Å². The van der Waals surface area contributed by atoms with E-state index < -0.39 is 58.8 Å². The van der Waals surface area contributed by atoms with E-state index in [9.17, 15) is 33.9 Å². The number of urea groups is 1. The number of nitrogens with zero attached hydrogens (tertiary/aromatic N) is 1. The summed E-state index contributed by atoms with van der Waals surface area (Å²) >= 11 is 1.10. The molecule has 13 nitrogen and oxygen atoms in total. The normalized spacial score (nSPS) is 19.2. The largest absolute Gasteiger partial charge is 0.476 e. The van der Waals surface area contributed by atoms with Crippen molar-refractivity contribution in [2.24, 2.45) is 0 Å². The van der Waals surface area contributed by atoms with Gasteiger partial charge >= 0.3 is 18.0 Å². The number of imide groups is 1. The van der Waals surface area contributed by atoms with Crippen LogP contribution < -0.4 is 16.0 Å². The summed E-state index contributed by atoms with van der Waals surface area (Å²) in [5, 5.41) is 15.8. The Morgan fingerprint density at radius 2 is 1.86 bits per heavy atom. The fourth-order valence-electron chi connectivity index (χ4n) is 3.76. The lowest BCUT2D eigenvalue weighted by Crippen LogP contribution is -2.71. The quantitative estimate of drug-likeness (QED) is 0.295. The van der Waals surface area contributed by atoms with Gasteiger partial charge in [0.05, 0.1) is 12.0 Å². The zero-order valence-corrected chi connectivity index (χ0v) is 19.9. The van der Waals surface area contributed by atoms with Crippen molar-refractivity contribution in [3.63, 3.8) is 0 Å². The minimum absolute atomic E-state index is 0.0142. The van der Waals surface area contributed by atoms with E-state index >= 15 is 0 Å². The summed E-state index contributed by atoms with van der Waals surface area (Å²) in [4.78, 5) is 74.7. The van der Waals surface area contributed by atoms with Gasteiger partial charge in [0.25, 0.3) is 11.8 Å². The molecule has 1 aromatic carbocycles. The molecule has 0 radical (unpaired) electrons. The lowest BCUT2D eigenvalue weighted by Gasteiger charge is -2.49. The van der Waals surface area contributed by atoms with Crippen molar-refractivity contribution in [1.29, 1.82) is 0 Å². The SMILES string of the molecule is CC(=O)OC1=C(C(=O)O)N2C(=O)C(NC(=O)C(NC(=O)NC(=O)c3ccco3)c3ccccc3)C2SC1. The minimum Gasteiger partial charge on any atom is -0.476 e. The first-order valence-electron chi connectivity index (χ1n) is 10.8. The molecule has 14 heteroatoms. The van der Waals surface area contributed by atoms with E-state index in [0.29, 0.717) is 5.56 Å². The highest BCUT2D eigenvalue weighted by Gasteiger charge is 2.55. The van der Waals surface area contributed by atoms with E-state index in [4.69, 9.17) is 9.15 Å². The maximum Gasteiger partial charge on any atom is 0.356 e. The van der Waals surface area contributed by atoms with Gasteiger partial charge < -0.3 is 24.9 Å². The molecule has 37 heavy (non-hydrogen) atoms. The molecule has 0 aliphatic carbocycles. The highest BCUT2D eigenvalue weighted by Crippen LogP contribution is 2.40. The van der Waals surface area contributed by atoms with E-state index in [1.807, 2.05) is 0 Å². The summed E-state index contributed by atoms with van der Waals surface area (Å²) in [6.45, 7) is 1.11.